The van der Waals surface area contributed by atoms with Crippen molar-refractivity contribution in [1.82, 2.24) is 29.0 Å². The first-order valence-electron chi connectivity index (χ1n) is 35.5. The highest BCUT2D eigenvalue weighted by atomic mass is 35.5. The number of halogens is 1. The van der Waals surface area contributed by atoms with Crippen LogP contribution in [0.1, 0.15) is 227 Å². The maximum absolute atomic E-state index is 12.3. The largest absolute Gasteiger partial charge is 0.507 e. The van der Waals surface area contributed by atoms with Crippen LogP contribution in [0.3, 0.4) is 0 Å². The van der Waals surface area contributed by atoms with Crippen LogP contribution in [0.2, 0.25) is 5.02 Å². The lowest BCUT2D eigenvalue weighted by Gasteiger charge is -2.14. The number of aryl methyl sites for hydroxylation is 2. The lowest BCUT2D eigenvalue weighted by Crippen LogP contribution is -2.25. The molecule has 0 spiro atoms. The van der Waals surface area contributed by atoms with E-state index in [0.717, 1.165) is 36.8 Å². The summed E-state index contributed by atoms with van der Waals surface area (Å²) in [6, 6.07) is 24.1. The topological polar surface area (TPSA) is 249 Å². The van der Waals surface area contributed by atoms with E-state index in [1.54, 1.807) is 54.5 Å². The number of pyridine rings is 3. The number of aliphatic hydroxyl groups excluding tert-OH is 1. The van der Waals surface area contributed by atoms with Crippen LogP contribution in [-0.4, -0.2) is 69.4 Å². The molecule has 0 radical (unpaired) electrons. The Morgan fingerprint density at radius 2 is 1.02 bits per heavy atom. The molecular weight excluding hydrogens is 1290 g/mol. The number of carbonyl (C=O) groups is 2. The van der Waals surface area contributed by atoms with Crippen LogP contribution < -0.4 is 27.3 Å². The van der Waals surface area contributed by atoms with Crippen molar-refractivity contribution in [2.45, 2.75) is 238 Å². The Labute approximate surface area is 603 Å². The van der Waals surface area contributed by atoms with Crippen LogP contribution in [-0.2, 0) is 27.4 Å². The van der Waals surface area contributed by atoms with E-state index < -0.39 is 5.56 Å². The smallest absolute Gasteiger partial charge is 0.281 e. The molecule has 0 saturated heterocycles. The van der Waals surface area contributed by atoms with E-state index in [4.69, 9.17) is 29.5 Å². The highest BCUT2D eigenvalue weighted by Gasteiger charge is 2.20. The molecule has 101 heavy (non-hydrogen) atoms. The number of amides is 1. The number of hydrogen-bond donors (Lipinski definition) is 6. The Kier molecular flexibility index (Phi) is 39.1. The number of para-hydroxylation sites is 1. The van der Waals surface area contributed by atoms with Gasteiger partial charge in [-0.15, -0.1) is 0 Å². The zero-order valence-electron chi connectivity index (χ0n) is 62.2. The number of nitrogens with one attached hydrogen (secondary N) is 2. The summed E-state index contributed by atoms with van der Waals surface area (Å²) in [5, 5.41) is 46.9. The zero-order valence-corrected chi connectivity index (χ0v) is 63.0. The number of nitrogens with zero attached hydrogens (tertiary/aromatic N) is 7. The Bertz CT molecular complexity index is 4120. The van der Waals surface area contributed by atoms with Gasteiger partial charge in [0.05, 0.1) is 48.7 Å². The van der Waals surface area contributed by atoms with Crippen molar-refractivity contribution in [3.05, 3.63) is 212 Å². The number of aliphatic hydroxyl groups is 1. The molecule has 4 heterocycles. The fourth-order valence-electron chi connectivity index (χ4n) is 10.9. The number of aromatic nitrogens is 5. The number of anilines is 1. The Morgan fingerprint density at radius 3 is 1.50 bits per heavy atom. The Hall–Kier alpha value is -9.46. The van der Waals surface area contributed by atoms with E-state index in [2.05, 4.69) is 44.1 Å². The van der Waals surface area contributed by atoms with Gasteiger partial charge in [0, 0.05) is 53.8 Å². The minimum Gasteiger partial charge on any atom is -0.507 e. The number of Topliss-reactive ketones (excluding diaryl/α,β-unsaturated/α-hetero) is 1. The summed E-state index contributed by atoms with van der Waals surface area (Å²) < 4.78 is 9.05. The Morgan fingerprint density at radius 1 is 0.564 bits per heavy atom. The average molecular weight is 1410 g/mol. The molecule has 0 aliphatic heterocycles. The van der Waals surface area contributed by atoms with E-state index in [9.17, 15) is 44.4 Å². The normalized spacial score (nSPS) is 11.2. The van der Waals surface area contributed by atoms with Crippen molar-refractivity contribution >= 4 is 57.1 Å². The predicted molar refractivity (Wildman–Crippen MR) is 411 cm³/mol. The summed E-state index contributed by atoms with van der Waals surface area (Å²) in [4.78, 5) is 74.6. The van der Waals surface area contributed by atoms with Crippen LogP contribution >= 0.6 is 11.6 Å². The summed E-state index contributed by atoms with van der Waals surface area (Å²) in [7, 11) is 1.51. The van der Waals surface area contributed by atoms with Gasteiger partial charge in [-0.05, 0) is 118 Å². The number of allylic oxidation sites excluding steroid dienone is 1. The van der Waals surface area contributed by atoms with Crippen molar-refractivity contribution in [1.29, 1.82) is 0 Å². The van der Waals surface area contributed by atoms with Crippen LogP contribution in [0.4, 0.5) is 17.1 Å². The number of unbranched alkanes of at least 4 members (excludes halogenated alkanes) is 18. The fraction of sp³-hybridized carbons (Fsp3) is 0.469. The van der Waals surface area contributed by atoms with E-state index >= 15 is 0 Å². The van der Waals surface area contributed by atoms with Gasteiger partial charge in [-0.1, -0.05) is 213 Å². The predicted octanol–water partition coefficient (Wildman–Crippen LogP) is 19.3. The highest BCUT2D eigenvalue weighted by molar-refractivity contribution is 6.33. The first-order valence-corrected chi connectivity index (χ1v) is 35.9. The van der Waals surface area contributed by atoms with Crippen LogP contribution in [0.15, 0.2) is 123 Å². The first kappa shape index (κ1) is 85.8. The van der Waals surface area contributed by atoms with Crippen LogP contribution in [0.25, 0.3) is 26.5 Å². The van der Waals surface area contributed by atoms with E-state index in [1.807, 2.05) is 93.6 Å². The molecule has 4 aromatic heterocycles. The van der Waals surface area contributed by atoms with Gasteiger partial charge in [-0.25, -0.2) is 14.7 Å². The quantitative estimate of drug-likeness (QED) is 0.0103. The second kappa shape index (κ2) is 46.1. The molecule has 3 aromatic carbocycles. The molecule has 1 amide bonds. The van der Waals surface area contributed by atoms with E-state index in [-0.39, 0.29) is 70.2 Å². The molecule has 0 aliphatic rings. The number of aromatic hydroxyl groups is 3. The van der Waals surface area contributed by atoms with Crippen molar-refractivity contribution < 1.29 is 34.8 Å². The number of fused-ring (bicyclic) bond motifs is 1. The summed E-state index contributed by atoms with van der Waals surface area (Å²) in [6.07, 6.45) is 28.1. The average Bonchev–Trinajstić information content (AvgIpc) is 0.795. The van der Waals surface area contributed by atoms with Gasteiger partial charge < -0.3 is 35.8 Å². The number of rotatable bonds is 31. The maximum Gasteiger partial charge on any atom is 0.281 e. The number of carbonyl (C=O) groups excluding carboxylic acids is 2. The molecule has 0 fully saturated rings. The highest BCUT2D eigenvalue weighted by Crippen LogP contribution is 2.29. The molecule has 0 saturated carbocycles. The van der Waals surface area contributed by atoms with Gasteiger partial charge in [-0.3, -0.25) is 42.7 Å². The molecule has 0 bridgehead atoms. The first-order chi connectivity index (χ1) is 48.2. The SMILES string of the molecule is CCCCCCCCCCCCNC(=O)C(C)=C(O)c1ccc(C)cc1.CO/C(Nc1ccccc1Cl)=C(/C)C(C)=O.Cc1c(O)n(C(C)C)c(=O)c2nccnc12.[C-]#[N+]c1c(C)c(C)c(O)n(CCCCCCCCCCCC)c1=O.[C-]#[N+]c1c(C)c(C)c(O)n(Cc2ccccc2)c1=O. The van der Waals surface area contributed by atoms with Gasteiger partial charge >= 0.3 is 0 Å². The summed E-state index contributed by atoms with van der Waals surface area (Å²) in [6.45, 7) is 39.3. The van der Waals surface area contributed by atoms with Crippen LogP contribution in [0.5, 0.6) is 17.6 Å². The number of methoxy groups -OCH3 is 1. The molecule has 7 aromatic rings. The van der Waals surface area contributed by atoms with Gasteiger partial charge in [0.15, 0.2) is 34.8 Å². The zero-order chi connectivity index (χ0) is 75.1. The Balaban J connectivity index is 0.000000332. The molecule has 0 unspecified atom stereocenters. The number of benzene rings is 3. The third-order valence-electron chi connectivity index (χ3n) is 17.6. The van der Waals surface area contributed by atoms with Gasteiger partial charge in [-0.2, -0.15) is 0 Å². The monoisotopic (exact) mass is 1400 g/mol. The lowest BCUT2D eigenvalue weighted by atomic mass is 10.1. The van der Waals surface area contributed by atoms with Crippen molar-refractivity contribution in [3.8, 4) is 17.6 Å². The summed E-state index contributed by atoms with van der Waals surface area (Å²) >= 11 is 5.98. The lowest BCUT2D eigenvalue weighted by molar-refractivity contribution is -0.117. The third kappa shape index (κ3) is 27.2. The van der Waals surface area contributed by atoms with Gasteiger partial charge in [0.1, 0.15) is 11.3 Å². The standard InChI is InChI=1S/C23H37NO2.C20H32N2O2.C15H14N2O2.C12H14ClNO2.C11H13N3O2/c1-4-5-6-7-8-9-10-11-12-13-18-24-23(26)20(3)22(25)21-16-14-19(2)15-17-21;1-5-6-7-8-9-10-11-12-13-14-15-22-19(23)17(3)16(2)18(21-4)20(22)24;1-10-11(2)14(18)17(15(19)13(10)16-3)9-12-7-5-4-6-8-12;1-8(9(2)15)12(16-3)14-11-7-5-4-6-10(11)13;1-6(2)14-10(15)7(3)8-9(11(14)16)13-5-4-12-8/h14-17,25H,4-13,18H2,1-3H3,(H,24,26);23H,5-15H2,1-3H3;4-8,18H,9H2,1-2H3;4-7,14H,1-3H3;4-6,15H,1-3H3/b;;;12-8-;. The molecule has 6 N–H and O–H groups in total. The summed E-state index contributed by atoms with van der Waals surface area (Å²) in [5.74, 6) is 0.161. The maximum atomic E-state index is 12.3. The molecule has 7 rings (SSSR count). The van der Waals surface area contributed by atoms with Crippen LogP contribution in [0, 0.1) is 54.7 Å². The molecule has 546 valence electrons. The van der Waals surface area contributed by atoms with Crippen molar-refractivity contribution in [2.24, 2.45) is 0 Å². The summed E-state index contributed by atoms with van der Waals surface area (Å²) in [5.41, 5.74) is 7.11. The molecule has 19 nitrogen and oxygen atoms in total. The minimum absolute atomic E-state index is 0.0147. The van der Waals surface area contributed by atoms with Crippen molar-refractivity contribution in [2.75, 3.05) is 19.0 Å². The van der Waals surface area contributed by atoms with E-state index in [0.29, 0.717) is 85.2 Å². The molecule has 20 heteroatoms. The van der Waals surface area contributed by atoms with E-state index in [1.165, 1.54) is 143 Å². The second-order valence-electron chi connectivity index (χ2n) is 25.7. The fourth-order valence-corrected chi connectivity index (χ4v) is 11.1. The number of hydrogen-bond acceptors (Lipinski definition) is 13. The molecular formula is C81H110ClN9O10. The third-order valence-corrected chi connectivity index (χ3v) is 18.0. The number of ketones is 1. The molecule has 0 atom stereocenters. The second-order valence-corrected chi connectivity index (χ2v) is 26.1. The minimum atomic E-state index is -0.445. The van der Waals surface area contributed by atoms with Gasteiger partial charge in [0.25, 0.3) is 34.0 Å². The molecule has 0 aliphatic carbocycles. The van der Waals surface area contributed by atoms with Gasteiger partial charge in [0.2, 0.25) is 0 Å². The number of ether oxygens (including phenoxy) is 1. The van der Waals surface area contributed by atoms with Crippen molar-refractivity contribution in [3.63, 3.8) is 0 Å².